The summed E-state index contributed by atoms with van der Waals surface area (Å²) in [7, 11) is 0. The zero-order valence-electron chi connectivity index (χ0n) is 14.4. The molecule has 3 aromatic rings. The Balaban J connectivity index is 1.72. The monoisotopic (exact) mass is 414 g/mol. The molecule has 0 fully saturated rings. The topological polar surface area (TPSA) is 141 Å². The molecule has 0 radical (unpaired) electrons. The Morgan fingerprint density at radius 3 is 2.48 bits per heavy atom. The van der Waals surface area contributed by atoms with E-state index in [1.54, 1.807) is 6.07 Å². The number of nitro benzene ring substituents is 2. The minimum Gasteiger partial charge on any atom is -0.455 e. The molecule has 1 amide bonds. The number of hydrazone groups is 1. The first-order chi connectivity index (χ1) is 13.8. The molecule has 0 saturated heterocycles. The van der Waals surface area contributed by atoms with E-state index < -0.39 is 15.8 Å². The summed E-state index contributed by atoms with van der Waals surface area (Å²) >= 11 is 6.07. The van der Waals surface area contributed by atoms with Gasteiger partial charge < -0.3 is 4.42 Å². The highest BCUT2D eigenvalue weighted by molar-refractivity contribution is 6.33. The third-order valence-corrected chi connectivity index (χ3v) is 4.06. The lowest BCUT2D eigenvalue weighted by Gasteiger charge is -2.01. The van der Waals surface area contributed by atoms with Gasteiger partial charge in [-0.05, 0) is 24.3 Å². The fourth-order valence-corrected chi connectivity index (χ4v) is 2.57. The minimum absolute atomic E-state index is 0.0693. The summed E-state index contributed by atoms with van der Waals surface area (Å²) in [4.78, 5) is 32.5. The van der Waals surface area contributed by atoms with E-state index in [0.29, 0.717) is 5.56 Å². The summed E-state index contributed by atoms with van der Waals surface area (Å²) in [5.41, 5.74) is 2.28. The molecule has 11 heteroatoms. The summed E-state index contributed by atoms with van der Waals surface area (Å²) in [6.45, 7) is 0. The molecule has 0 saturated carbocycles. The normalized spacial score (nSPS) is 10.8. The van der Waals surface area contributed by atoms with Crippen molar-refractivity contribution in [1.29, 1.82) is 0 Å². The van der Waals surface area contributed by atoms with Crippen LogP contribution in [-0.2, 0) is 0 Å². The zero-order valence-corrected chi connectivity index (χ0v) is 15.2. The third-order valence-electron chi connectivity index (χ3n) is 3.73. The molecule has 0 unspecified atom stereocenters. The first kappa shape index (κ1) is 19.7. The van der Waals surface area contributed by atoms with Crippen LogP contribution >= 0.6 is 11.6 Å². The minimum atomic E-state index is -0.640. The van der Waals surface area contributed by atoms with E-state index >= 15 is 0 Å². The van der Waals surface area contributed by atoms with E-state index in [9.17, 15) is 25.0 Å². The highest BCUT2D eigenvalue weighted by Gasteiger charge is 2.14. The Labute approximate surface area is 167 Å². The average molecular weight is 415 g/mol. The molecule has 2 aromatic carbocycles. The molecular formula is C18H11ClN4O6. The van der Waals surface area contributed by atoms with Crippen molar-refractivity contribution in [3.05, 3.63) is 91.2 Å². The van der Waals surface area contributed by atoms with Gasteiger partial charge in [0.05, 0.1) is 21.1 Å². The molecule has 0 atom stereocenters. The number of halogens is 1. The Kier molecular flexibility index (Phi) is 5.65. The number of benzene rings is 2. The molecule has 1 N–H and O–H groups in total. The fraction of sp³-hybridized carbons (Fsp3) is 0. The maximum Gasteiger partial charge on any atom is 0.271 e. The summed E-state index contributed by atoms with van der Waals surface area (Å²) in [6, 6.07) is 12.2. The van der Waals surface area contributed by atoms with Crippen molar-refractivity contribution in [1.82, 2.24) is 5.43 Å². The van der Waals surface area contributed by atoms with Crippen molar-refractivity contribution in [2.75, 3.05) is 0 Å². The van der Waals surface area contributed by atoms with E-state index in [4.69, 9.17) is 16.0 Å². The number of nitrogens with one attached hydrogen (secondary N) is 1. The van der Waals surface area contributed by atoms with Gasteiger partial charge in [-0.1, -0.05) is 17.7 Å². The first-order valence-corrected chi connectivity index (χ1v) is 8.35. The Morgan fingerprint density at radius 1 is 1.03 bits per heavy atom. The third kappa shape index (κ3) is 4.62. The lowest BCUT2D eigenvalue weighted by atomic mass is 10.1. The van der Waals surface area contributed by atoms with Gasteiger partial charge in [0.25, 0.3) is 17.3 Å². The van der Waals surface area contributed by atoms with Gasteiger partial charge in [0.15, 0.2) is 0 Å². The molecule has 0 aliphatic rings. The zero-order chi connectivity index (χ0) is 21.0. The van der Waals surface area contributed by atoms with Gasteiger partial charge in [0.2, 0.25) is 0 Å². The van der Waals surface area contributed by atoms with Crippen molar-refractivity contribution in [2.45, 2.75) is 0 Å². The van der Waals surface area contributed by atoms with Crippen molar-refractivity contribution < 1.29 is 19.1 Å². The average Bonchev–Trinajstić information content (AvgIpc) is 3.16. The number of hydrogen-bond donors (Lipinski definition) is 1. The number of hydrogen-bond acceptors (Lipinski definition) is 7. The van der Waals surface area contributed by atoms with E-state index in [2.05, 4.69) is 10.5 Å². The van der Waals surface area contributed by atoms with Crippen molar-refractivity contribution in [3.8, 4) is 11.3 Å². The molecule has 0 aliphatic carbocycles. The number of nitro groups is 2. The number of nitrogens with zero attached hydrogens (tertiary/aromatic N) is 3. The van der Waals surface area contributed by atoms with Gasteiger partial charge >= 0.3 is 0 Å². The van der Waals surface area contributed by atoms with Crippen LogP contribution in [0.2, 0.25) is 5.02 Å². The molecule has 3 rings (SSSR count). The summed E-state index contributed by atoms with van der Waals surface area (Å²) < 4.78 is 5.53. The predicted octanol–water partition coefficient (Wildman–Crippen LogP) is 4.18. The van der Waals surface area contributed by atoms with Gasteiger partial charge in [-0.25, -0.2) is 5.43 Å². The van der Waals surface area contributed by atoms with Gasteiger partial charge in [0, 0.05) is 35.4 Å². The fourth-order valence-electron chi connectivity index (χ4n) is 2.36. The number of rotatable bonds is 6. The second-order valence-corrected chi connectivity index (χ2v) is 6.04. The van der Waals surface area contributed by atoms with Crippen LogP contribution in [0.25, 0.3) is 11.3 Å². The molecule has 29 heavy (non-hydrogen) atoms. The largest absolute Gasteiger partial charge is 0.455 e. The van der Waals surface area contributed by atoms with Gasteiger partial charge in [-0.3, -0.25) is 25.0 Å². The predicted molar refractivity (Wildman–Crippen MR) is 104 cm³/mol. The lowest BCUT2D eigenvalue weighted by molar-refractivity contribution is -0.385. The van der Waals surface area contributed by atoms with E-state index in [0.717, 1.165) is 6.07 Å². The van der Waals surface area contributed by atoms with Gasteiger partial charge in [0.1, 0.15) is 11.5 Å². The highest BCUT2D eigenvalue weighted by Crippen LogP contribution is 2.32. The van der Waals surface area contributed by atoms with Crippen LogP contribution in [0.3, 0.4) is 0 Å². The Hall–Kier alpha value is -4.05. The highest BCUT2D eigenvalue weighted by atomic mass is 35.5. The van der Waals surface area contributed by atoms with Crippen LogP contribution in [0.5, 0.6) is 0 Å². The Morgan fingerprint density at radius 2 is 1.76 bits per heavy atom. The molecule has 0 aliphatic heterocycles. The number of furan rings is 1. The maximum absolute atomic E-state index is 12.0. The Bertz CT molecular complexity index is 1140. The second-order valence-electron chi connectivity index (χ2n) is 5.63. The first-order valence-electron chi connectivity index (χ1n) is 7.97. The number of amides is 1. The van der Waals surface area contributed by atoms with E-state index in [1.807, 2.05) is 0 Å². The summed E-state index contributed by atoms with van der Waals surface area (Å²) in [6.07, 6.45) is 1.21. The molecule has 146 valence electrons. The molecule has 1 aromatic heterocycles. The van der Waals surface area contributed by atoms with Gasteiger partial charge in [-0.2, -0.15) is 5.10 Å². The smallest absolute Gasteiger partial charge is 0.271 e. The second kappa shape index (κ2) is 8.31. The molecule has 10 nitrogen and oxygen atoms in total. The van der Waals surface area contributed by atoms with Crippen LogP contribution in [0.1, 0.15) is 16.1 Å². The summed E-state index contributed by atoms with van der Waals surface area (Å²) in [5, 5.41) is 25.7. The van der Waals surface area contributed by atoms with Crippen LogP contribution in [0.4, 0.5) is 11.4 Å². The van der Waals surface area contributed by atoms with E-state index in [1.165, 1.54) is 48.7 Å². The number of non-ortho nitro benzene ring substituents is 2. The van der Waals surface area contributed by atoms with E-state index in [-0.39, 0.29) is 33.5 Å². The van der Waals surface area contributed by atoms with Crippen molar-refractivity contribution in [2.24, 2.45) is 5.10 Å². The van der Waals surface area contributed by atoms with Crippen LogP contribution in [-0.4, -0.2) is 22.0 Å². The lowest BCUT2D eigenvalue weighted by Crippen LogP contribution is -2.17. The van der Waals surface area contributed by atoms with Crippen LogP contribution in [0.15, 0.2) is 64.1 Å². The molecule has 0 spiro atoms. The number of carbonyl (C=O) groups is 1. The SMILES string of the molecule is O=C(N/N=C/c1ccc(-c2cc([N+](=O)[O-])ccc2Cl)o1)c1cccc([N+](=O)[O-])c1. The molecule has 1 heterocycles. The quantitative estimate of drug-likeness (QED) is 0.364. The van der Waals surface area contributed by atoms with Gasteiger partial charge in [-0.15, -0.1) is 0 Å². The van der Waals surface area contributed by atoms with Crippen LogP contribution < -0.4 is 5.43 Å². The van der Waals surface area contributed by atoms with Crippen molar-refractivity contribution >= 4 is 35.1 Å². The molecule has 0 bridgehead atoms. The summed E-state index contributed by atoms with van der Waals surface area (Å²) in [5.74, 6) is -0.106. The van der Waals surface area contributed by atoms with Crippen LogP contribution in [0, 0.1) is 20.2 Å². The maximum atomic E-state index is 12.0. The number of carbonyl (C=O) groups excluding carboxylic acids is 1. The standard InChI is InChI=1S/C18H11ClN4O6/c19-16-6-4-13(23(27)28)9-15(16)17-7-5-14(29-17)10-20-21-18(24)11-2-1-3-12(8-11)22(25)26/h1-10H,(H,21,24)/b20-10+. The van der Waals surface area contributed by atoms with Crippen molar-refractivity contribution in [3.63, 3.8) is 0 Å². The molecular weight excluding hydrogens is 404 g/mol.